The van der Waals surface area contributed by atoms with Crippen LogP contribution in [-0.2, 0) is 12.0 Å². The second-order valence-corrected chi connectivity index (χ2v) is 6.26. The molecule has 0 radical (unpaired) electrons. The molecule has 20 heavy (non-hydrogen) atoms. The van der Waals surface area contributed by atoms with Crippen molar-refractivity contribution in [2.45, 2.75) is 39.7 Å². The Hall–Kier alpha value is -1.55. The maximum Gasteiger partial charge on any atom is 0.131 e. The third-order valence-corrected chi connectivity index (χ3v) is 3.35. The molecule has 2 rings (SSSR count). The van der Waals surface area contributed by atoms with E-state index in [0.717, 1.165) is 5.82 Å². The first-order valence-corrected chi connectivity index (χ1v) is 6.94. The molecule has 0 unspecified atom stereocenters. The molecule has 3 nitrogen and oxygen atoms in total. The number of anilines is 1. The van der Waals surface area contributed by atoms with Crippen molar-refractivity contribution in [3.8, 4) is 11.3 Å². The van der Waals surface area contributed by atoms with E-state index in [1.54, 1.807) is 6.07 Å². The van der Waals surface area contributed by atoms with Crippen molar-refractivity contribution >= 4 is 17.4 Å². The number of imidazole rings is 1. The highest BCUT2D eigenvalue weighted by molar-refractivity contribution is 6.30. The maximum atomic E-state index is 13.5. The van der Waals surface area contributed by atoms with E-state index in [1.165, 1.54) is 12.1 Å². The standard InChI is InChI=1S/C15H19ClFN3/c1-5-20-13(18)12(19-14(20)15(2,3)4)9-6-10(16)8-11(17)7-9/h6-8H,5,18H2,1-4H3. The normalized spacial score (nSPS) is 11.9. The van der Waals surface area contributed by atoms with Gasteiger partial charge in [0, 0.05) is 22.5 Å². The van der Waals surface area contributed by atoms with Crippen LogP contribution in [0.1, 0.15) is 33.5 Å². The largest absolute Gasteiger partial charge is 0.383 e. The molecule has 0 atom stereocenters. The second-order valence-electron chi connectivity index (χ2n) is 5.82. The Kier molecular flexibility index (Phi) is 3.78. The number of hydrogen-bond donors (Lipinski definition) is 1. The van der Waals surface area contributed by atoms with E-state index < -0.39 is 5.82 Å². The Bertz CT molecular complexity index is 621. The summed E-state index contributed by atoms with van der Waals surface area (Å²) >= 11 is 5.91. The summed E-state index contributed by atoms with van der Waals surface area (Å²) in [5.41, 5.74) is 7.22. The highest BCUT2D eigenvalue weighted by Crippen LogP contribution is 2.33. The molecule has 1 aromatic heterocycles. The lowest BCUT2D eigenvalue weighted by Gasteiger charge is -2.19. The quantitative estimate of drug-likeness (QED) is 0.900. The number of halogens is 2. The number of nitrogens with zero attached hydrogens (tertiary/aromatic N) is 2. The van der Waals surface area contributed by atoms with E-state index in [0.29, 0.717) is 28.6 Å². The van der Waals surface area contributed by atoms with Crippen LogP contribution >= 0.6 is 11.6 Å². The Morgan fingerprint density at radius 1 is 1.30 bits per heavy atom. The lowest BCUT2D eigenvalue weighted by Crippen LogP contribution is -2.19. The summed E-state index contributed by atoms with van der Waals surface area (Å²) in [6.45, 7) is 8.94. The molecule has 2 aromatic rings. The van der Waals surface area contributed by atoms with Crippen LogP contribution in [0.3, 0.4) is 0 Å². The van der Waals surface area contributed by atoms with Gasteiger partial charge in [0.1, 0.15) is 23.2 Å². The topological polar surface area (TPSA) is 43.8 Å². The molecule has 0 aliphatic heterocycles. The van der Waals surface area contributed by atoms with Gasteiger partial charge in [0.15, 0.2) is 0 Å². The molecule has 0 spiro atoms. The van der Waals surface area contributed by atoms with Crippen molar-refractivity contribution in [1.82, 2.24) is 9.55 Å². The Morgan fingerprint density at radius 2 is 1.95 bits per heavy atom. The van der Waals surface area contributed by atoms with E-state index in [-0.39, 0.29) is 5.41 Å². The molecule has 0 fully saturated rings. The van der Waals surface area contributed by atoms with Crippen molar-refractivity contribution in [3.63, 3.8) is 0 Å². The van der Waals surface area contributed by atoms with Gasteiger partial charge in [0.05, 0.1) is 0 Å². The summed E-state index contributed by atoms with van der Waals surface area (Å²) in [6, 6.07) is 4.34. The number of nitrogen functional groups attached to an aromatic ring is 1. The van der Waals surface area contributed by atoms with Crippen molar-refractivity contribution in [2.24, 2.45) is 0 Å². The minimum absolute atomic E-state index is 0.139. The zero-order valence-electron chi connectivity index (χ0n) is 12.2. The minimum atomic E-state index is -0.393. The van der Waals surface area contributed by atoms with Crippen LogP contribution in [-0.4, -0.2) is 9.55 Å². The van der Waals surface area contributed by atoms with Gasteiger partial charge in [-0.05, 0) is 25.1 Å². The van der Waals surface area contributed by atoms with Crippen LogP contribution in [0.25, 0.3) is 11.3 Å². The van der Waals surface area contributed by atoms with Gasteiger partial charge >= 0.3 is 0 Å². The smallest absolute Gasteiger partial charge is 0.131 e. The van der Waals surface area contributed by atoms with Crippen molar-refractivity contribution in [1.29, 1.82) is 0 Å². The Labute approximate surface area is 123 Å². The first-order chi connectivity index (χ1) is 9.24. The molecule has 0 saturated heterocycles. The summed E-state index contributed by atoms with van der Waals surface area (Å²) in [5.74, 6) is 1.03. The van der Waals surface area contributed by atoms with Gasteiger partial charge in [0.2, 0.25) is 0 Å². The molecule has 1 heterocycles. The molecule has 1 aromatic carbocycles. The van der Waals surface area contributed by atoms with Gasteiger partial charge in [-0.15, -0.1) is 0 Å². The van der Waals surface area contributed by atoms with Crippen LogP contribution < -0.4 is 5.73 Å². The molecule has 0 bridgehead atoms. The van der Waals surface area contributed by atoms with E-state index in [9.17, 15) is 4.39 Å². The van der Waals surface area contributed by atoms with Crippen LogP contribution in [0.5, 0.6) is 0 Å². The predicted molar refractivity (Wildman–Crippen MR) is 81.4 cm³/mol. The highest BCUT2D eigenvalue weighted by Gasteiger charge is 2.25. The second kappa shape index (κ2) is 5.09. The molecule has 2 N–H and O–H groups in total. The van der Waals surface area contributed by atoms with Crippen LogP contribution in [0.2, 0.25) is 5.02 Å². The third-order valence-electron chi connectivity index (χ3n) is 3.13. The summed E-state index contributed by atoms with van der Waals surface area (Å²) < 4.78 is 15.5. The molecule has 0 saturated carbocycles. The zero-order chi connectivity index (χ0) is 15.1. The van der Waals surface area contributed by atoms with Crippen molar-refractivity contribution in [2.75, 3.05) is 5.73 Å². The van der Waals surface area contributed by atoms with Gasteiger partial charge < -0.3 is 10.3 Å². The molecule has 5 heteroatoms. The summed E-state index contributed by atoms with van der Waals surface area (Å²) in [4.78, 5) is 4.62. The van der Waals surface area contributed by atoms with E-state index in [1.807, 2.05) is 11.5 Å². The summed E-state index contributed by atoms with van der Waals surface area (Å²) in [7, 11) is 0. The average Bonchev–Trinajstić information content (AvgIpc) is 2.64. The number of benzene rings is 1. The summed E-state index contributed by atoms with van der Waals surface area (Å²) in [5, 5.41) is 0.336. The van der Waals surface area contributed by atoms with Gasteiger partial charge in [0.25, 0.3) is 0 Å². The molecular weight excluding hydrogens is 277 g/mol. The molecule has 108 valence electrons. The maximum absolute atomic E-state index is 13.5. The zero-order valence-corrected chi connectivity index (χ0v) is 12.9. The Morgan fingerprint density at radius 3 is 2.40 bits per heavy atom. The third kappa shape index (κ3) is 2.66. The van der Waals surface area contributed by atoms with Crippen molar-refractivity contribution in [3.05, 3.63) is 34.9 Å². The van der Waals surface area contributed by atoms with Crippen LogP contribution in [0.15, 0.2) is 18.2 Å². The van der Waals surface area contributed by atoms with Crippen LogP contribution in [0, 0.1) is 5.82 Å². The summed E-state index contributed by atoms with van der Waals surface area (Å²) in [6.07, 6.45) is 0. The Balaban J connectivity index is 2.66. The van der Waals surface area contributed by atoms with Gasteiger partial charge in [-0.25, -0.2) is 9.37 Å². The van der Waals surface area contributed by atoms with Crippen molar-refractivity contribution < 1.29 is 4.39 Å². The SMILES string of the molecule is CCn1c(C(C)(C)C)nc(-c2cc(F)cc(Cl)c2)c1N. The molecule has 0 aliphatic rings. The predicted octanol–water partition coefficient (Wildman–Crippen LogP) is 4.24. The molecule has 0 aliphatic carbocycles. The fourth-order valence-corrected chi connectivity index (χ4v) is 2.48. The van der Waals surface area contributed by atoms with E-state index in [2.05, 4.69) is 25.8 Å². The fourth-order valence-electron chi connectivity index (χ4n) is 2.26. The monoisotopic (exact) mass is 295 g/mol. The molecular formula is C15H19ClFN3. The van der Waals surface area contributed by atoms with Crippen LogP contribution in [0.4, 0.5) is 10.2 Å². The van der Waals surface area contributed by atoms with E-state index in [4.69, 9.17) is 17.3 Å². The first kappa shape index (κ1) is 14.9. The van der Waals surface area contributed by atoms with Gasteiger partial charge in [-0.2, -0.15) is 0 Å². The number of aromatic nitrogens is 2. The van der Waals surface area contributed by atoms with E-state index >= 15 is 0 Å². The number of hydrogen-bond acceptors (Lipinski definition) is 2. The number of nitrogens with two attached hydrogens (primary N) is 1. The lowest BCUT2D eigenvalue weighted by molar-refractivity contribution is 0.508. The minimum Gasteiger partial charge on any atom is -0.383 e. The fraction of sp³-hybridized carbons (Fsp3) is 0.400. The van der Waals surface area contributed by atoms with Gasteiger partial charge in [-0.3, -0.25) is 0 Å². The highest BCUT2D eigenvalue weighted by atomic mass is 35.5. The first-order valence-electron chi connectivity index (χ1n) is 6.57. The number of rotatable bonds is 2. The average molecular weight is 296 g/mol. The van der Waals surface area contributed by atoms with Gasteiger partial charge in [-0.1, -0.05) is 32.4 Å². The lowest BCUT2D eigenvalue weighted by atomic mass is 9.95. The molecule has 0 amide bonds.